The number of aliphatic hydroxyl groups excluding tert-OH is 2. The molecule has 0 saturated carbocycles. The SMILES string of the molecule is N#Cc1ccccc1OCc1cccc(C(=O)N2C[C@H](O)C[C@H]2CO)c1. The normalized spacial score (nSPS) is 19.2. The molecule has 0 aromatic heterocycles. The van der Waals surface area contributed by atoms with E-state index in [0.29, 0.717) is 23.3 Å². The lowest BCUT2D eigenvalue weighted by atomic mass is 10.1. The van der Waals surface area contributed by atoms with E-state index in [-0.39, 0.29) is 31.7 Å². The fourth-order valence-corrected chi connectivity index (χ4v) is 3.12. The van der Waals surface area contributed by atoms with Crippen molar-refractivity contribution < 1.29 is 19.7 Å². The van der Waals surface area contributed by atoms with E-state index in [4.69, 9.17) is 10.00 Å². The fourth-order valence-electron chi connectivity index (χ4n) is 3.12. The van der Waals surface area contributed by atoms with Crippen LogP contribution in [0, 0.1) is 11.3 Å². The Labute approximate surface area is 151 Å². The van der Waals surface area contributed by atoms with Crippen molar-refractivity contribution in [2.24, 2.45) is 0 Å². The van der Waals surface area contributed by atoms with Gasteiger partial charge in [-0.2, -0.15) is 5.26 Å². The van der Waals surface area contributed by atoms with Crippen LogP contribution < -0.4 is 4.74 Å². The van der Waals surface area contributed by atoms with E-state index in [1.165, 1.54) is 4.90 Å². The minimum absolute atomic E-state index is 0.170. The molecular weight excluding hydrogens is 332 g/mol. The van der Waals surface area contributed by atoms with Crippen LogP contribution in [0.1, 0.15) is 27.9 Å². The molecule has 1 fully saturated rings. The first-order chi connectivity index (χ1) is 12.6. The Morgan fingerprint density at radius 1 is 1.27 bits per heavy atom. The minimum Gasteiger partial charge on any atom is -0.488 e. The van der Waals surface area contributed by atoms with E-state index in [2.05, 4.69) is 6.07 Å². The number of nitrogens with zero attached hydrogens (tertiary/aromatic N) is 2. The molecule has 0 spiro atoms. The lowest BCUT2D eigenvalue weighted by Gasteiger charge is -2.23. The Morgan fingerprint density at radius 3 is 2.85 bits per heavy atom. The maximum absolute atomic E-state index is 12.7. The number of likely N-dealkylation sites (tertiary alicyclic amines) is 1. The third-order valence-corrected chi connectivity index (χ3v) is 4.44. The number of aliphatic hydroxyl groups is 2. The summed E-state index contributed by atoms with van der Waals surface area (Å²) in [4.78, 5) is 14.2. The van der Waals surface area contributed by atoms with Gasteiger partial charge in [-0.1, -0.05) is 24.3 Å². The molecule has 1 heterocycles. The number of carbonyl (C=O) groups is 1. The summed E-state index contributed by atoms with van der Waals surface area (Å²) in [5.41, 5.74) is 1.73. The molecule has 2 aromatic carbocycles. The largest absolute Gasteiger partial charge is 0.488 e. The second-order valence-corrected chi connectivity index (χ2v) is 6.28. The van der Waals surface area contributed by atoms with Crippen molar-refractivity contribution in [3.63, 3.8) is 0 Å². The summed E-state index contributed by atoms with van der Waals surface area (Å²) in [5, 5.41) is 28.3. The molecule has 0 radical (unpaired) electrons. The molecule has 1 aliphatic heterocycles. The standard InChI is InChI=1S/C20H20N2O4/c21-10-16-5-1-2-7-19(16)26-13-14-4-3-6-15(8-14)20(25)22-11-18(24)9-17(22)12-23/h1-8,17-18,23-24H,9,11-13H2/t17-,18+/m0/s1. The van der Waals surface area contributed by atoms with Crippen LogP contribution in [-0.2, 0) is 6.61 Å². The van der Waals surface area contributed by atoms with Gasteiger partial charge in [-0.3, -0.25) is 4.79 Å². The summed E-state index contributed by atoms with van der Waals surface area (Å²) in [6.07, 6.45) is -0.221. The average Bonchev–Trinajstić information content (AvgIpc) is 3.07. The number of ether oxygens (including phenoxy) is 1. The molecule has 134 valence electrons. The first-order valence-electron chi connectivity index (χ1n) is 8.43. The van der Waals surface area contributed by atoms with Crippen molar-refractivity contribution in [3.05, 3.63) is 65.2 Å². The number of hydrogen-bond acceptors (Lipinski definition) is 5. The fraction of sp³-hybridized carbons (Fsp3) is 0.300. The Bertz CT molecular complexity index is 831. The zero-order valence-electron chi connectivity index (χ0n) is 14.2. The van der Waals surface area contributed by atoms with Crippen LogP contribution >= 0.6 is 0 Å². The molecule has 0 unspecified atom stereocenters. The van der Waals surface area contributed by atoms with Crippen molar-refractivity contribution in [2.45, 2.75) is 25.2 Å². The zero-order chi connectivity index (χ0) is 18.5. The van der Waals surface area contributed by atoms with Crippen LogP contribution in [-0.4, -0.2) is 46.3 Å². The van der Waals surface area contributed by atoms with Crippen molar-refractivity contribution in [1.82, 2.24) is 4.90 Å². The molecule has 1 amide bonds. The smallest absolute Gasteiger partial charge is 0.254 e. The predicted octanol–water partition coefficient (Wildman–Crippen LogP) is 1.70. The summed E-state index contributed by atoms with van der Waals surface area (Å²) in [6, 6.07) is 15.7. The number of β-amino-alcohol motifs (C(OH)–C–C–N with tert-alkyl or cyclic N) is 1. The maximum atomic E-state index is 12.7. The summed E-state index contributed by atoms with van der Waals surface area (Å²) < 4.78 is 5.71. The van der Waals surface area contributed by atoms with Crippen LogP contribution in [0.25, 0.3) is 0 Å². The van der Waals surface area contributed by atoms with Gasteiger partial charge in [0.1, 0.15) is 18.4 Å². The molecule has 3 rings (SSSR count). The molecule has 6 nitrogen and oxygen atoms in total. The Hall–Kier alpha value is -2.88. The molecule has 0 aliphatic carbocycles. The van der Waals surface area contributed by atoms with Gasteiger partial charge >= 0.3 is 0 Å². The second kappa shape index (κ2) is 8.00. The molecule has 0 bridgehead atoms. The van der Waals surface area contributed by atoms with Crippen LogP contribution in [0.3, 0.4) is 0 Å². The first kappa shape index (κ1) is 17.9. The molecule has 2 aromatic rings. The van der Waals surface area contributed by atoms with Crippen LogP contribution in [0.5, 0.6) is 5.75 Å². The van der Waals surface area contributed by atoms with Crippen molar-refractivity contribution >= 4 is 5.91 Å². The lowest BCUT2D eigenvalue weighted by molar-refractivity contribution is 0.0664. The number of hydrogen-bond donors (Lipinski definition) is 2. The molecule has 6 heteroatoms. The summed E-state index contributed by atoms with van der Waals surface area (Å²) in [6.45, 7) is 0.281. The molecule has 26 heavy (non-hydrogen) atoms. The van der Waals surface area contributed by atoms with Crippen LogP contribution in [0.15, 0.2) is 48.5 Å². The highest BCUT2D eigenvalue weighted by Gasteiger charge is 2.34. The van der Waals surface area contributed by atoms with E-state index >= 15 is 0 Å². The number of benzene rings is 2. The van der Waals surface area contributed by atoms with Gasteiger partial charge < -0.3 is 19.8 Å². The van der Waals surface area contributed by atoms with E-state index in [9.17, 15) is 15.0 Å². The van der Waals surface area contributed by atoms with E-state index in [1.807, 2.05) is 6.07 Å². The van der Waals surface area contributed by atoms with Gasteiger partial charge in [0.2, 0.25) is 0 Å². The van der Waals surface area contributed by atoms with Gasteiger partial charge in [0, 0.05) is 12.1 Å². The minimum atomic E-state index is -0.606. The molecule has 2 atom stereocenters. The van der Waals surface area contributed by atoms with Crippen molar-refractivity contribution in [3.8, 4) is 11.8 Å². The first-order valence-corrected chi connectivity index (χ1v) is 8.43. The third kappa shape index (κ3) is 3.85. The number of nitriles is 1. The van der Waals surface area contributed by atoms with E-state index in [0.717, 1.165) is 5.56 Å². The van der Waals surface area contributed by atoms with Crippen LogP contribution in [0.4, 0.5) is 0 Å². The lowest BCUT2D eigenvalue weighted by Crippen LogP contribution is -2.38. The highest BCUT2D eigenvalue weighted by atomic mass is 16.5. The van der Waals surface area contributed by atoms with Gasteiger partial charge in [-0.15, -0.1) is 0 Å². The van der Waals surface area contributed by atoms with Gasteiger partial charge in [0.25, 0.3) is 5.91 Å². The molecule has 2 N–H and O–H groups in total. The second-order valence-electron chi connectivity index (χ2n) is 6.28. The highest BCUT2D eigenvalue weighted by Crippen LogP contribution is 2.22. The molecule has 1 saturated heterocycles. The van der Waals surface area contributed by atoms with Gasteiger partial charge in [-0.25, -0.2) is 0 Å². The molecule has 1 aliphatic rings. The zero-order valence-corrected chi connectivity index (χ0v) is 14.2. The number of carbonyl (C=O) groups excluding carboxylic acids is 1. The summed E-state index contributed by atoms with van der Waals surface area (Å²) in [5.74, 6) is 0.273. The van der Waals surface area contributed by atoms with Crippen LogP contribution in [0.2, 0.25) is 0 Å². The Balaban J connectivity index is 1.72. The van der Waals surface area contributed by atoms with Crippen molar-refractivity contribution in [1.29, 1.82) is 5.26 Å². The topological polar surface area (TPSA) is 93.8 Å². The van der Waals surface area contributed by atoms with E-state index < -0.39 is 6.10 Å². The summed E-state index contributed by atoms with van der Waals surface area (Å²) >= 11 is 0. The highest BCUT2D eigenvalue weighted by molar-refractivity contribution is 5.94. The van der Waals surface area contributed by atoms with Gasteiger partial charge in [-0.05, 0) is 36.2 Å². The average molecular weight is 352 g/mol. The quantitative estimate of drug-likeness (QED) is 0.854. The molecular formula is C20H20N2O4. The van der Waals surface area contributed by atoms with Crippen molar-refractivity contribution in [2.75, 3.05) is 13.2 Å². The van der Waals surface area contributed by atoms with E-state index in [1.54, 1.807) is 42.5 Å². The maximum Gasteiger partial charge on any atom is 0.254 e. The monoisotopic (exact) mass is 352 g/mol. The van der Waals surface area contributed by atoms with Gasteiger partial charge in [0.05, 0.1) is 24.3 Å². The predicted molar refractivity (Wildman–Crippen MR) is 94.5 cm³/mol. The number of rotatable bonds is 5. The third-order valence-electron chi connectivity index (χ3n) is 4.44. The Morgan fingerprint density at radius 2 is 2.08 bits per heavy atom. The summed E-state index contributed by atoms with van der Waals surface area (Å²) in [7, 11) is 0. The Kier molecular flexibility index (Phi) is 5.52. The van der Waals surface area contributed by atoms with Gasteiger partial charge in [0.15, 0.2) is 0 Å². The number of amides is 1. The number of para-hydroxylation sites is 1.